The highest BCUT2D eigenvalue weighted by atomic mass is 35.5. The van der Waals surface area contributed by atoms with Gasteiger partial charge in [-0.3, -0.25) is 9.69 Å². The molecule has 12 heteroatoms. The third-order valence-corrected chi connectivity index (χ3v) is 10.1. The van der Waals surface area contributed by atoms with Crippen LogP contribution < -0.4 is 16.4 Å². The Labute approximate surface area is 275 Å². The highest BCUT2D eigenvalue weighted by molar-refractivity contribution is 6.33. The van der Waals surface area contributed by atoms with Crippen molar-refractivity contribution >= 4 is 41.0 Å². The molecule has 11 nitrogen and oxygen atoms in total. The summed E-state index contributed by atoms with van der Waals surface area (Å²) in [7, 11) is 0. The predicted octanol–water partition coefficient (Wildman–Crippen LogP) is 3.36. The number of nitrogens with two attached hydrogens (primary N) is 1. The first-order valence-electron chi connectivity index (χ1n) is 16.2. The Kier molecular flexibility index (Phi) is 9.87. The molecular formula is C34H42ClN7O4. The molecule has 0 saturated carbocycles. The van der Waals surface area contributed by atoms with Crippen LogP contribution in [-0.2, 0) is 22.5 Å². The van der Waals surface area contributed by atoms with Gasteiger partial charge >= 0.3 is 12.1 Å². The number of nitrogens with one attached hydrogen (secondary N) is 2. The van der Waals surface area contributed by atoms with Gasteiger partial charge in [0.15, 0.2) is 6.10 Å². The number of benzene rings is 2. The number of nitrogen functional groups attached to an aromatic ring is 1. The third-order valence-electron chi connectivity index (χ3n) is 9.75. The number of likely N-dealkylation sites (tertiary alicyclic amines) is 2. The first kappa shape index (κ1) is 32.0. The molecule has 0 aromatic heterocycles. The average Bonchev–Trinajstić information content (AvgIpc) is 3.09. The molecule has 1 atom stereocenters. The van der Waals surface area contributed by atoms with Gasteiger partial charge in [-0.05, 0) is 55.0 Å². The summed E-state index contributed by atoms with van der Waals surface area (Å²) in [5.74, 6) is 2.33. The zero-order valence-corrected chi connectivity index (χ0v) is 26.8. The van der Waals surface area contributed by atoms with Crippen LogP contribution in [-0.4, -0.2) is 108 Å². The smallest absolute Gasteiger partial charge is 0.410 e. The molecule has 3 fully saturated rings. The van der Waals surface area contributed by atoms with Crippen molar-refractivity contribution in [3.63, 3.8) is 0 Å². The van der Waals surface area contributed by atoms with Gasteiger partial charge in [0.2, 0.25) is 0 Å². The molecule has 46 heavy (non-hydrogen) atoms. The van der Waals surface area contributed by atoms with Gasteiger partial charge in [0.1, 0.15) is 0 Å². The number of halogens is 1. The van der Waals surface area contributed by atoms with E-state index >= 15 is 0 Å². The fraction of sp³-hybridized carbons (Fsp3) is 0.500. The summed E-state index contributed by atoms with van der Waals surface area (Å²) in [6, 6.07) is 11.5. The lowest BCUT2D eigenvalue weighted by molar-refractivity contribution is -0.142. The second-order valence-electron chi connectivity index (χ2n) is 12.5. The van der Waals surface area contributed by atoms with Crippen LogP contribution in [0.15, 0.2) is 36.4 Å². The van der Waals surface area contributed by atoms with Crippen molar-refractivity contribution in [1.82, 2.24) is 24.9 Å². The molecule has 6 rings (SSSR count). The van der Waals surface area contributed by atoms with E-state index < -0.39 is 12.2 Å². The minimum absolute atomic E-state index is 0.00841. The lowest BCUT2D eigenvalue weighted by atomic mass is 9.99. The number of ether oxygens (including phenoxy) is 1. The first-order chi connectivity index (χ1) is 22.3. The maximum atomic E-state index is 14.0. The Morgan fingerprint density at radius 2 is 1.67 bits per heavy atom. The molecule has 0 unspecified atom stereocenters. The van der Waals surface area contributed by atoms with Crippen LogP contribution in [0.4, 0.5) is 21.0 Å². The first-order valence-corrected chi connectivity index (χ1v) is 16.6. The van der Waals surface area contributed by atoms with Crippen molar-refractivity contribution in [2.45, 2.75) is 56.8 Å². The molecule has 4 heterocycles. The lowest BCUT2D eigenvalue weighted by Crippen LogP contribution is -2.54. The number of urea groups is 1. The number of hydrogen-bond acceptors (Lipinski definition) is 7. The number of nitrogens with zero attached hydrogens (tertiary/aromatic N) is 4. The largest absolute Gasteiger partial charge is 0.436 e. The summed E-state index contributed by atoms with van der Waals surface area (Å²) in [6.07, 6.45) is 7.17. The molecule has 0 aliphatic carbocycles. The van der Waals surface area contributed by atoms with E-state index in [9.17, 15) is 14.4 Å². The number of para-hydroxylation sites is 1. The Morgan fingerprint density at radius 3 is 2.39 bits per heavy atom. The maximum Gasteiger partial charge on any atom is 0.410 e. The van der Waals surface area contributed by atoms with Gasteiger partial charge in [-0.25, -0.2) is 9.59 Å². The fourth-order valence-electron chi connectivity index (χ4n) is 7.08. The van der Waals surface area contributed by atoms with E-state index in [1.165, 1.54) is 0 Å². The predicted molar refractivity (Wildman–Crippen MR) is 177 cm³/mol. The van der Waals surface area contributed by atoms with Crippen LogP contribution in [0.5, 0.6) is 0 Å². The molecular weight excluding hydrogens is 606 g/mol. The fourth-order valence-corrected chi connectivity index (χ4v) is 7.32. The van der Waals surface area contributed by atoms with Crippen LogP contribution in [0, 0.1) is 12.3 Å². The van der Waals surface area contributed by atoms with Crippen molar-refractivity contribution in [1.29, 1.82) is 0 Å². The van der Waals surface area contributed by atoms with Crippen molar-refractivity contribution in [2.75, 3.05) is 63.4 Å². The monoisotopic (exact) mass is 647 g/mol. The highest BCUT2D eigenvalue weighted by Gasteiger charge is 2.36. The van der Waals surface area contributed by atoms with Crippen molar-refractivity contribution in [2.24, 2.45) is 0 Å². The molecule has 4 amide bonds. The van der Waals surface area contributed by atoms with Gasteiger partial charge in [-0.2, -0.15) is 0 Å². The molecule has 4 aliphatic heterocycles. The number of carbonyl (C=O) groups excluding carboxylic acids is 3. The van der Waals surface area contributed by atoms with E-state index in [1.807, 2.05) is 34.1 Å². The summed E-state index contributed by atoms with van der Waals surface area (Å²) in [5.41, 5.74) is 9.35. The third kappa shape index (κ3) is 7.04. The minimum Gasteiger partial charge on any atom is -0.436 e. The van der Waals surface area contributed by atoms with Gasteiger partial charge in [-0.15, -0.1) is 6.42 Å². The molecule has 0 bridgehead atoms. The number of amides is 4. The van der Waals surface area contributed by atoms with Gasteiger partial charge in [0.05, 0.1) is 10.7 Å². The molecule has 2 aromatic rings. The number of carbonyl (C=O) groups is 3. The normalized spacial score (nSPS) is 20.4. The second kappa shape index (κ2) is 14.2. The standard InChI is InChI=1S/C34H42ClN7O4/c1-2-24-19-23(20-28(35)31(24)36)21-30(32(43)40-13-7-26(8-14-40)39-17-11-37-12-18-39)46-34(45)41-15-9-27(10-16-41)42-22-25-5-3-4-6-29(25)38-33(42)44/h1,3-6,19-20,26-27,30,37H,7-18,21-22,36H2,(H,38,44)/t30-/m1/s1. The van der Waals surface area contributed by atoms with Crippen molar-refractivity contribution in [3.05, 3.63) is 58.1 Å². The SMILES string of the molecule is C#Cc1cc(C[C@@H](OC(=O)N2CCC(N3Cc4ccccc4NC3=O)CC2)C(=O)N2CCC(N3CCNCC3)CC2)cc(Cl)c1N. The van der Waals surface area contributed by atoms with Gasteiger partial charge in [0.25, 0.3) is 5.91 Å². The number of anilines is 2. The number of piperazine rings is 1. The van der Waals surface area contributed by atoms with Gasteiger partial charge < -0.3 is 35.8 Å². The van der Waals surface area contributed by atoms with E-state index in [2.05, 4.69) is 21.5 Å². The summed E-state index contributed by atoms with van der Waals surface area (Å²) in [5, 5.41) is 6.67. The molecule has 4 N–H and O–H groups in total. The quantitative estimate of drug-likeness (QED) is 0.325. The highest BCUT2D eigenvalue weighted by Crippen LogP contribution is 2.29. The number of fused-ring (bicyclic) bond motifs is 1. The Morgan fingerprint density at radius 1 is 1.00 bits per heavy atom. The van der Waals surface area contributed by atoms with E-state index in [4.69, 9.17) is 28.5 Å². The number of hydrogen-bond donors (Lipinski definition) is 3. The van der Waals surface area contributed by atoms with E-state index in [0.717, 1.165) is 50.3 Å². The van der Waals surface area contributed by atoms with Crippen molar-refractivity contribution < 1.29 is 19.1 Å². The number of terminal acetylenes is 1. The molecule has 3 saturated heterocycles. The van der Waals surface area contributed by atoms with Crippen LogP contribution in [0.1, 0.15) is 42.4 Å². The van der Waals surface area contributed by atoms with E-state index in [0.29, 0.717) is 73.4 Å². The Hall–Kier alpha value is -3.98. The zero-order chi connectivity index (χ0) is 32.2. The number of piperidine rings is 2. The van der Waals surface area contributed by atoms with Crippen LogP contribution in [0.2, 0.25) is 5.02 Å². The lowest BCUT2D eigenvalue weighted by Gasteiger charge is -2.41. The van der Waals surface area contributed by atoms with E-state index in [-0.39, 0.29) is 24.4 Å². The molecule has 0 radical (unpaired) electrons. The van der Waals surface area contributed by atoms with Crippen molar-refractivity contribution in [3.8, 4) is 12.3 Å². The molecule has 2 aromatic carbocycles. The van der Waals surface area contributed by atoms with Gasteiger partial charge in [-0.1, -0.05) is 35.7 Å². The summed E-state index contributed by atoms with van der Waals surface area (Å²) in [6.45, 7) is 6.57. The zero-order valence-electron chi connectivity index (χ0n) is 26.1. The van der Waals surface area contributed by atoms with Crippen LogP contribution >= 0.6 is 11.6 Å². The maximum absolute atomic E-state index is 14.0. The molecule has 0 spiro atoms. The summed E-state index contributed by atoms with van der Waals surface area (Å²) in [4.78, 5) is 48.2. The molecule has 244 valence electrons. The average molecular weight is 648 g/mol. The van der Waals surface area contributed by atoms with E-state index in [1.54, 1.807) is 17.0 Å². The van der Waals surface area contributed by atoms with Crippen LogP contribution in [0.3, 0.4) is 0 Å². The Balaban J connectivity index is 1.11. The minimum atomic E-state index is -1.05. The van der Waals surface area contributed by atoms with Gasteiger partial charge in [0, 0.05) is 88.7 Å². The second-order valence-corrected chi connectivity index (χ2v) is 12.9. The summed E-state index contributed by atoms with van der Waals surface area (Å²) < 4.78 is 6.00. The number of rotatable bonds is 6. The topological polar surface area (TPSA) is 123 Å². The summed E-state index contributed by atoms with van der Waals surface area (Å²) >= 11 is 6.37. The Bertz CT molecular complexity index is 1490. The molecule has 4 aliphatic rings. The van der Waals surface area contributed by atoms with Crippen LogP contribution in [0.25, 0.3) is 0 Å².